The lowest BCUT2D eigenvalue weighted by Crippen LogP contribution is -2.72. The Balaban J connectivity index is 3.51. The first-order valence-corrected chi connectivity index (χ1v) is 10.1. The highest BCUT2D eigenvalue weighted by Gasteiger charge is 2.93. The SMILES string of the molecule is CCN(CC)c1cccc(C(CC(F)(F)C(F)(F)C(F)(F)C(F)(F)C(F)(F)C(F)(F)C(F)(F)F)OC)c1. The maximum Gasteiger partial charge on any atom is 0.460 e. The molecule has 0 saturated carbocycles. The molecule has 1 unspecified atom stereocenters. The Morgan fingerprint density at radius 3 is 1.51 bits per heavy atom. The van der Waals surface area contributed by atoms with Crippen LogP contribution in [0.1, 0.15) is 31.9 Å². The first-order valence-electron chi connectivity index (χ1n) is 10.1. The van der Waals surface area contributed by atoms with E-state index in [0.717, 1.165) is 12.1 Å². The van der Waals surface area contributed by atoms with E-state index in [4.69, 9.17) is 0 Å². The van der Waals surface area contributed by atoms with E-state index in [1.165, 1.54) is 12.1 Å². The fourth-order valence-electron chi connectivity index (χ4n) is 3.21. The molecule has 1 aromatic carbocycles. The molecule has 0 spiro atoms. The number of rotatable bonds is 12. The monoisotopic (exact) mass is 575 g/mol. The second kappa shape index (κ2) is 10.2. The van der Waals surface area contributed by atoms with Crippen molar-refractivity contribution in [3.63, 3.8) is 0 Å². The molecule has 0 aromatic heterocycles. The van der Waals surface area contributed by atoms with Crippen LogP contribution in [-0.2, 0) is 4.74 Å². The van der Waals surface area contributed by atoms with Crippen LogP contribution in [0, 0.1) is 0 Å². The van der Waals surface area contributed by atoms with Gasteiger partial charge in [-0.3, -0.25) is 0 Å². The van der Waals surface area contributed by atoms with E-state index >= 15 is 0 Å². The maximum atomic E-state index is 14.4. The Morgan fingerprint density at radius 1 is 0.676 bits per heavy atom. The van der Waals surface area contributed by atoms with Gasteiger partial charge in [-0.05, 0) is 31.5 Å². The molecule has 0 N–H and O–H groups in total. The van der Waals surface area contributed by atoms with Gasteiger partial charge in [-0.15, -0.1) is 0 Å². The van der Waals surface area contributed by atoms with Gasteiger partial charge >= 0.3 is 41.7 Å². The molecule has 1 atom stereocenters. The predicted octanol–water partition coefficient (Wildman–Crippen LogP) is 7.98. The van der Waals surface area contributed by atoms with Crippen LogP contribution in [0.15, 0.2) is 24.3 Å². The summed E-state index contributed by atoms with van der Waals surface area (Å²) in [4.78, 5) is 1.61. The summed E-state index contributed by atoms with van der Waals surface area (Å²) in [6.07, 6.45) is -12.5. The first kappa shape index (κ1) is 33.0. The zero-order valence-electron chi connectivity index (χ0n) is 19.0. The molecule has 2 nitrogen and oxygen atoms in total. The van der Waals surface area contributed by atoms with E-state index in [0.29, 0.717) is 25.9 Å². The van der Waals surface area contributed by atoms with E-state index in [9.17, 15) is 65.9 Å². The number of ether oxygens (including phenoxy) is 1. The average Bonchev–Trinajstić information content (AvgIpc) is 2.77. The Labute approximate surface area is 200 Å². The van der Waals surface area contributed by atoms with Crippen molar-refractivity contribution in [2.45, 2.75) is 68.1 Å². The van der Waals surface area contributed by atoms with Gasteiger partial charge in [0.15, 0.2) is 0 Å². The molecule has 0 bridgehead atoms. The minimum absolute atomic E-state index is 0.297. The Kier molecular flexibility index (Phi) is 9.13. The lowest BCUT2D eigenvalue weighted by atomic mass is 9.88. The predicted molar refractivity (Wildman–Crippen MR) is 100 cm³/mol. The molecule has 1 aromatic rings. The second-order valence-corrected chi connectivity index (χ2v) is 7.77. The first-order chi connectivity index (χ1) is 16.4. The number of hydrogen-bond donors (Lipinski definition) is 0. The lowest BCUT2D eigenvalue weighted by Gasteiger charge is -2.42. The van der Waals surface area contributed by atoms with Gasteiger partial charge in [0.2, 0.25) is 0 Å². The summed E-state index contributed by atoms with van der Waals surface area (Å²) < 4.78 is 206. The topological polar surface area (TPSA) is 12.5 Å². The van der Waals surface area contributed by atoms with Crippen LogP contribution in [0.3, 0.4) is 0 Å². The zero-order valence-corrected chi connectivity index (χ0v) is 19.0. The number of anilines is 1. The fraction of sp³-hybridized carbons (Fsp3) is 0.700. The van der Waals surface area contributed by atoms with E-state index in [2.05, 4.69) is 4.74 Å². The number of alkyl halides is 15. The Hall–Kier alpha value is -2.07. The summed E-state index contributed by atoms with van der Waals surface area (Å²) in [6, 6.07) is 4.70. The van der Waals surface area contributed by atoms with E-state index < -0.39 is 54.2 Å². The standard InChI is InChI=1S/C20H20F15NO/c1-4-36(5-2)12-8-6-7-11(9-12)13(37-3)10-14(21,22)15(23,24)16(25,26)17(27,28)18(29,30)19(31,32)20(33,34)35/h6-9,13H,4-5,10H2,1-3H3. The zero-order chi connectivity index (χ0) is 29.5. The summed E-state index contributed by atoms with van der Waals surface area (Å²) in [6.45, 7) is 4.03. The van der Waals surface area contributed by atoms with Gasteiger partial charge in [0.25, 0.3) is 0 Å². The number of halogens is 15. The van der Waals surface area contributed by atoms with Crippen molar-refractivity contribution in [3.8, 4) is 0 Å². The van der Waals surface area contributed by atoms with Crippen LogP contribution in [0.2, 0.25) is 0 Å². The van der Waals surface area contributed by atoms with E-state index in [1.807, 2.05) is 0 Å². The lowest BCUT2D eigenvalue weighted by molar-refractivity contribution is -0.453. The van der Waals surface area contributed by atoms with Crippen LogP contribution in [0.5, 0.6) is 0 Å². The van der Waals surface area contributed by atoms with Crippen LogP contribution in [0.4, 0.5) is 71.5 Å². The van der Waals surface area contributed by atoms with Gasteiger partial charge < -0.3 is 9.64 Å². The number of methoxy groups -OCH3 is 1. The molecular weight excluding hydrogens is 555 g/mol. The Morgan fingerprint density at radius 2 is 1.11 bits per heavy atom. The van der Waals surface area contributed by atoms with Gasteiger partial charge in [-0.25, -0.2) is 0 Å². The molecule has 216 valence electrons. The van der Waals surface area contributed by atoms with Crippen molar-refractivity contribution in [2.24, 2.45) is 0 Å². The van der Waals surface area contributed by atoms with Crippen molar-refractivity contribution < 1.29 is 70.6 Å². The molecule has 0 radical (unpaired) electrons. The second-order valence-electron chi connectivity index (χ2n) is 7.77. The number of benzene rings is 1. The highest BCUT2D eigenvalue weighted by atomic mass is 19.4. The van der Waals surface area contributed by atoms with Gasteiger partial charge in [0, 0.05) is 32.3 Å². The van der Waals surface area contributed by atoms with Crippen molar-refractivity contribution >= 4 is 5.69 Å². The van der Waals surface area contributed by atoms with Gasteiger partial charge in [0.1, 0.15) is 0 Å². The summed E-state index contributed by atoms with van der Waals surface area (Å²) >= 11 is 0. The maximum absolute atomic E-state index is 14.4. The van der Waals surface area contributed by atoms with Crippen LogP contribution < -0.4 is 4.90 Å². The molecule has 17 heteroatoms. The molecule has 1 rings (SSSR count). The Bertz CT molecular complexity index is 909. The highest BCUT2D eigenvalue weighted by molar-refractivity contribution is 5.49. The van der Waals surface area contributed by atoms with Gasteiger partial charge in [-0.2, -0.15) is 65.9 Å². The van der Waals surface area contributed by atoms with E-state index in [-0.39, 0.29) is 5.56 Å². The minimum Gasteiger partial charge on any atom is -0.377 e. The third kappa shape index (κ3) is 5.28. The average molecular weight is 575 g/mol. The summed E-state index contributed by atoms with van der Waals surface area (Å²) in [5.74, 6) is -46.6. The van der Waals surface area contributed by atoms with Gasteiger partial charge in [0.05, 0.1) is 6.10 Å². The molecule has 37 heavy (non-hydrogen) atoms. The van der Waals surface area contributed by atoms with Crippen molar-refractivity contribution in [1.29, 1.82) is 0 Å². The largest absolute Gasteiger partial charge is 0.460 e. The molecule has 0 aliphatic carbocycles. The van der Waals surface area contributed by atoms with Gasteiger partial charge in [-0.1, -0.05) is 12.1 Å². The number of nitrogens with zero attached hydrogens (tertiary/aromatic N) is 1. The molecule has 0 fully saturated rings. The van der Waals surface area contributed by atoms with Crippen molar-refractivity contribution in [1.82, 2.24) is 0 Å². The molecule has 0 amide bonds. The fourth-order valence-corrected chi connectivity index (χ4v) is 3.21. The third-order valence-electron chi connectivity index (χ3n) is 5.49. The third-order valence-corrected chi connectivity index (χ3v) is 5.49. The van der Waals surface area contributed by atoms with Crippen molar-refractivity contribution in [2.75, 3.05) is 25.1 Å². The van der Waals surface area contributed by atoms with Crippen LogP contribution >= 0.6 is 0 Å². The van der Waals surface area contributed by atoms with Crippen LogP contribution in [-0.4, -0.2) is 61.9 Å². The van der Waals surface area contributed by atoms with Crippen molar-refractivity contribution in [3.05, 3.63) is 29.8 Å². The molecule has 0 saturated heterocycles. The quantitative estimate of drug-likeness (QED) is 0.235. The molecule has 0 aliphatic rings. The summed E-state index contributed by atoms with van der Waals surface area (Å²) in [5.41, 5.74) is -0.0862. The molecule has 0 aliphatic heterocycles. The minimum atomic E-state index is -8.31. The normalized spacial score (nSPS) is 15.6. The van der Waals surface area contributed by atoms with Crippen LogP contribution in [0.25, 0.3) is 0 Å². The number of hydrogen-bond acceptors (Lipinski definition) is 2. The molecule has 0 heterocycles. The highest BCUT2D eigenvalue weighted by Crippen LogP contribution is 2.63. The smallest absolute Gasteiger partial charge is 0.377 e. The van der Waals surface area contributed by atoms with E-state index in [1.54, 1.807) is 18.7 Å². The summed E-state index contributed by atoms with van der Waals surface area (Å²) in [7, 11) is 0.619. The molecular formula is C20H20F15NO. The summed E-state index contributed by atoms with van der Waals surface area (Å²) in [5, 5.41) is 0.